The number of carbonyl (C=O) groups is 1. The minimum atomic E-state index is -0.451. The van der Waals surface area contributed by atoms with Crippen molar-refractivity contribution in [2.45, 2.75) is 65.4 Å². The molecule has 0 saturated carbocycles. The second kappa shape index (κ2) is 7.77. The molecule has 1 amide bonds. The molecule has 146 valence electrons. The molecule has 1 aliphatic heterocycles. The number of piperidine rings is 1. The van der Waals surface area contributed by atoms with E-state index >= 15 is 0 Å². The Hall–Kier alpha value is -1.91. The van der Waals surface area contributed by atoms with Crippen LogP contribution in [0.2, 0.25) is 0 Å². The molecule has 0 aromatic heterocycles. The Kier molecular flexibility index (Phi) is 6.09. The van der Waals surface area contributed by atoms with E-state index in [0.717, 1.165) is 24.2 Å². The van der Waals surface area contributed by atoms with Crippen molar-refractivity contribution in [2.24, 2.45) is 5.92 Å². The normalized spacial score (nSPS) is 16.5. The van der Waals surface area contributed by atoms with Crippen molar-refractivity contribution in [3.63, 3.8) is 0 Å². The van der Waals surface area contributed by atoms with Crippen LogP contribution >= 0.6 is 0 Å². The summed E-state index contributed by atoms with van der Waals surface area (Å²) >= 11 is 0. The summed E-state index contributed by atoms with van der Waals surface area (Å²) in [5.41, 5.74) is 7.38. The molecular weight excluding hydrogens is 328 g/mol. The molecule has 0 unspecified atom stereocenters. The minimum absolute atomic E-state index is 0.00309. The highest BCUT2D eigenvalue weighted by Crippen LogP contribution is 2.33. The number of rotatable bonds is 3. The highest BCUT2D eigenvalue weighted by atomic mass is 16.6. The molecule has 0 atom stereocenters. The minimum Gasteiger partial charge on any atom is -0.493 e. The molecule has 1 fully saturated rings. The van der Waals surface area contributed by atoms with Gasteiger partial charge in [-0.05, 0) is 56.6 Å². The first-order valence-corrected chi connectivity index (χ1v) is 9.46. The predicted octanol–water partition coefficient (Wildman–Crippen LogP) is 4.59. The van der Waals surface area contributed by atoms with Crippen molar-refractivity contribution in [1.82, 2.24) is 4.90 Å². The van der Waals surface area contributed by atoms with Crippen LogP contribution in [0.3, 0.4) is 0 Å². The monoisotopic (exact) mass is 362 g/mol. The lowest BCUT2D eigenvalue weighted by atomic mass is 9.86. The molecule has 2 N–H and O–H groups in total. The number of likely N-dealkylation sites (tertiary alicyclic amines) is 1. The van der Waals surface area contributed by atoms with Gasteiger partial charge in [0.05, 0.1) is 6.61 Å². The molecule has 0 bridgehead atoms. The molecule has 0 radical (unpaired) electrons. The van der Waals surface area contributed by atoms with Crippen molar-refractivity contribution in [3.05, 3.63) is 23.8 Å². The summed E-state index contributed by atoms with van der Waals surface area (Å²) in [6.07, 6.45) is 1.63. The first kappa shape index (κ1) is 20.4. The summed E-state index contributed by atoms with van der Waals surface area (Å²) < 4.78 is 11.6. The Morgan fingerprint density at radius 1 is 1.15 bits per heavy atom. The fourth-order valence-electron chi connectivity index (χ4n) is 3.09. The number of carbonyl (C=O) groups excluding carboxylic acids is 1. The molecule has 1 aromatic carbocycles. The van der Waals surface area contributed by atoms with Crippen LogP contribution in [0.25, 0.3) is 0 Å². The van der Waals surface area contributed by atoms with Crippen molar-refractivity contribution >= 4 is 11.8 Å². The lowest BCUT2D eigenvalue weighted by Gasteiger charge is -2.33. The molecule has 1 saturated heterocycles. The van der Waals surface area contributed by atoms with Crippen LogP contribution in [-0.4, -0.2) is 36.3 Å². The van der Waals surface area contributed by atoms with E-state index in [1.54, 1.807) is 4.90 Å². The lowest BCUT2D eigenvalue weighted by molar-refractivity contribution is 0.0164. The van der Waals surface area contributed by atoms with Crippen molar-refractivity contribution in [3.8, 4) is 5.75 Å². The Balaban J connectivity index is 1.89. The van der Waals surface area contributed by atoms with Gasteiger partial charge in [-0.3, -0.25) is 0 Å². The predicted molar refractivity (Wildman–Crippen MR) is 106 cm³/mol. The van der Waals surface area contributed by atoms with Crippen molar-refractivity contribution in [1.29, 1.82) is 0 Å². The highest BCUT2D eigenvalue weighted by molar-refractivity contribution is 5.68. The zero-order chi connectivity index (χ0) is 19.5. The van der Waals surface area contributed by atoms with Gasteiger partial charge in [0.1, 0.15) is 11.4 Å². The molecule has 1 aromatic rings. The summed E-state index contributed by atoms with van der Waals surface area (Å²) in [4.78, 5) is 13.9. The summed E-state index contributed by atoms with van der Waals surface area (Å²) in [5, 5.41) is 0. The van der Waals surface area contributed by atoms with E-state index < -0.39 is 5.60 Å². The molecular formula is C21H34N2O3. The summed E-state index contributed by atoms with van der Waals surface area (Å²) in [6.45, 7) is 14.3. The quantitative estimate of drug-likeness (QED) is 0.799. The number of amides is 1. The fraction of sp³-hybridized carbons (Fsp3) is 0.667. The molecule has 2 rings (SSSR count). The number of hydrogen-bond donors (Lipinski definition) is 1. The van der Waals surface area contributed by atoms with Gasteiger partial charge >= 0.3 is 6.09 Å². The summed E-state index contributed by atoms with van der Waals surface area (Å²) in [6, 6.07) is 5.89. The maximum Gasteiger partial charge on any atom is 0.410 e. The van der Waals surface area contributed by atoms with Gasteiger partial charge in [0.2, 0.25) is 0 Å². The smallest absolute Gasteiger partial charge is 0.410 e. The number of nitrogens with zero attached hydrogens (tertiary/aromatic N) is 1. The van der Waals surface area contributed by atoms with Gasteiger partial charge in [0.15, 0.2) is 0 Å². The van der Waals surface area contributed by atoms with E-state index in [1.165, 1.54) is 0 Å². The summed E-state index contributed by atoms with van der Waals surface area (Å²) in [5.74, 6) is 1.30. The van der Waals surface area contributed by atoms with Gasteiger partial charge in [-0.15, -0.1) is 0 Å². The third-order valence-corrected chi connectivity index (χ3v) is 4.55. The Bertz CT molecular complexity index is 621. The van der Waals surface area contributed by atoms with Gasteiger partial charge in [0.25, 0.3) is 0 Å². The van der Waals surface area contributed by atoms with E-state index in [1.807, 2.05) is 32.9 Å². The third kappa shape index (κ3) is 5.82. The van der Waals surface area contributed by atoms with Crippen LogP contribution in [0.5, 0.6) is 5.75 Å². The first-order valence-electron chi connectivity index (χ1n) is 9.46. The highest BCUT2D eigenvalue weighted by Gasteiger charge is 2.27. The summed E-state index contributed by atoms with van der Waals surface area (Å²) in [7, 11) is 0. The SMILES string of the molecule is CC(C)(C)OC(=O)N1CCC(COc2cc(N)ccc2C(C)(C)C)CC1. The molecule has 5 heteroatoms. The topological polar surface area (TPSA) is 64.8 Å². The van der Waals surface area contributed by atoms with Crippen LogP contribution in [0.15, 0.2) is 18.2 Å². The molecule has 0 aliphatic carbocycles. The number of hydrogen-bond acceptors (Lipinski definition) is 4. The number of ether oxygens (including phenoxy) is 2. The van der Waals surface area contributed by atoms with Gasteiger partial charge < -0.3 is 20.1 Å². The van der Waals surface area contributed by atoms with Crippen LogP contribution in [0, 0.1) is 5.92 Å². The van der Waals surface area contributed by atoms with Gasteiger partial charge in [-0.1, -0.05) is 26.8 Å². The Labute approximate surface area is 157 Å². The molecule has 5 nitrogen and oxygen atoms in total. The molecule has 26 heavy (non-hydrogen) atoms. The maximum atomic E-state index is 12.2. The second-order valence-corrected chi connectivity index (χ2v) is 9.23. The zero-order valence-corrected chi connectivity index (χ0v) is 17.1. The van der Waals surface area contributed by atoms with E-state index in [2.05, 4.69) is 26.8 Å². The average molecular weight is 363 g/mol. The molecule has 1 heterocycles. The molecule has 0 spiro atoms. The van der Waals surface area contributed by atoms with Crippen LogP contribution in [0.4, 0.5) is 10.5 Å². The van der Waals surface area contributed by atoms with Crippen LogP contribution in [0.1, 0.15) is 59.9 Å². The number of nitrogens with two attached hydrogens (primary N) is 1. The van der Waals surface area contributed by atoms with Crippen molar-refractivity contribution < 1.29 is 14.3 Å². The number of nitrogen functional groups attached to an aromatic ring is 1. The fourth-order valence-corrected chi connectivity index (χ4v) is 3.09. The largest absolute Gasteiger partial charge is 0.493 e. The zero-order valence-electron chi connectivity index (χ0n) is 17.1. The van der Waals surface area contributed by atoms with E-state index in [-0.39, 0.29) is 11.5 Å². The lowest BCUT2D eigenvalue weighted by Crippen LogP contribution is -2.42. The number of anilines is 1. The Morgan fingerprint density at radius 3 is 2.31 bits per heavy atom. The average Bonchev–Trinajstić information content (AvgIpc) is 2.50. The van der Waals surface area contributed by atoms with E-state index in [0.29, 0.717) is 31.3 Å². The standard InChI is InChI=1S/C21H34N2O3/c1-20(2,3)17-8-7-16(22)13-18(17)25-14-15-9-11-23(12-10-15)19(24)26-21(4,5)6/h7-8,13,15H,9-12,14,22H2,1-6H3. The van der Waals surface area contributed by atoms with Gasteiger partial charge in [-0.2, -0.15) is 0 Å². The van der Waals surface area contributed by atoms with E-state index in [9.17, 15) is 4.79 Å². The maximum absolute atomic E-state index is 12.2. The first-order chi connectivity index (χ1) is 12.0. The van der Waals surface area contributed by atoms with Gasteiger partial charge in [0, 0.05) is 24.8 Å². The third-order valence-electron chi connectivity index (χ3n) is 4.55. The Morgan fingerprint density at radius 2 is 1.77 bits per heavy atom. The molecule has 1 aliphatic rings. The second-order valence-electron chi connectivity index (χ2n) is 9.23. The number of benzene rings is 1. The van der Waals surface area contributed by atoms with Crippen LogP contribution in [-0.2, 0) is 10.2 Å². The van der Waals surface area contributed by atoms with Gasteiger partial charge in [-0.25, -0.2) is 4.79 Å². The van der Waals surface area contributed by atoms with Crippen molar-refractivity contribution in [2.75, 3.05) is 25.4 Å². The van der Waals surface area contributed by atoms with Crippen LogP contribution < -0.4 is 10.5 Å². The van der Waals surface area contributed by atoms with E-state index in [4.69, 9.17) is 15.2 Å².